The van der Waals surface area contributed by atoms with Gasteiger partial charge in [-0.25, -0.2) is 13.2 Å². The van der Waals surface area contributed by atoms with E-state index in [1.54, 1.807) is 25.7 Å². The number of rotatable bonds is 8. The van der Waals surface area contributed by atoms with E-state index in [2.05, 4.69) is 35.1 Å². The molecule has 288 valence electrons. The number of hydrogen-bond donors (Lipinski definition) is 4. The number of urea groups is 1. The topological polar surface area (TPSA) is 171 Å². The van der Waals surface area contributed by atoms with Crippen LogP contribution in [0.25, 0.3) is 0 Å². The van der Waals surface area contributed by atoms with Gasteiger partial charge in [0.15, 0.2) is 9.84 Å². The van der Waals surface area contributed by atoms with Crippen molar-refractivity contribution in [3.8, 4) is 0 Å². The lowest BCUT2D eigenvalue weighted by molar-refractivity contribution is -0.144. The van der Waals surface area contributed by atoms with Gasteiger partial charge in [0.25, 0.3) is 5.91 Å². The summed E-state index contributed by atoms with van der Waals surface area (Å²) in [4.78, 5) is 70.3. The molecule has 0 unspecified atom stereocenters. The van der Waals surface area contributed by atoms with E-state index in [9.17, 15) is 32.4 Å². The number of nitrogens with one attached hydrogen (secondary N) is 4. The molecule has 2 saturated heterocycles. The maximum Gasteiger partial charge on any atom is 0.315 e. The fraction of sp³-hybridized carbons (Fsp3) is 0.868. The molecule has 5 atom stereocenters. The molecule has 0 aromatic rings. The monoisotopic (exact) mass is 733 g/mol. The van der Waals surface area contributed by atoms with Crippen LogP contribution in [-0.2, 0) is 29.0 Å². The van der Waals surface area contributed by atoms with Gasteiger partial charge in [0.1, 0.15) is 12.1 Å². The van der Waals surface area contributed by atoms with E-state index in [4.69, 9.17) is 0 Å². The maximum absolute atomic E-state index is 14.5. The molecule has 4 N–H and O–H groups in total. The Morgan fingerprint density at radius 1 is 0.863 bits per heavy atom. The number of Topliss-reactive ketones (excluding diaryl/α,β-unsaturated/α-hetero) is 1. The molecule has 0 spiro atoms. The Morgan fingerprint density at radius 2 is 1.45 bits per heavy atom. The van der Waals surface area contributed by atoms with Gasteiger partial charge >= 0.3 is 6.03 Å². The molecule has 2 heterocycles. The first kappa shape index (κ1) is 39.5. The molecule has 12 nitrogen and oxygen atoms in total. The molecule has 3 aliphatic carbocycles. The molecule has 0 bridgehead atoms. The van der Waals surface area contributed by atoms with Gasteiger partial charge in [0.2, 0.25) is 17.6 Å². The van der Waals surface area contributed by atoms with Gasteiger partial charge in [-0.2, -0.15) is 0 Å². The van der Waals surface area contributed by atoms with Crippen LogP contribution in [0.5, 0.6) is 0 Å². The number of nitrogens with zero attached hydrogens (tertiary/aromatic N) is 1. The lowest BCUT2D eigenvalue weighted by atomic mass is 9.83. The Labute approximate surface area is 305 Å². The summed E-state index contributed by atoms with van der Waals surface area (Å²) in [7, 11) is -3.55. The highest BCUT2D eigenvalue weighted by atomic mass is 32.2. The second-order valence-electron chi connectivity index (χ2n) is 17.9. The summed E-state index contributed by atoms with van der Waals surface area (Å²) in [5.41, 5.74) is -1.10. The van der Waals surface area contributed by atoms with Crippen LogP contribution >= 0.6 is 0 Å². The zero-order valence-electron chi connectivity index (χ0n) is 31.6. The van der Waals surface area contributed by atoms with Gasteiger partial charge in [0, 0.05) is 13.1 Å². The summed E-state index contributed by atoms with van der Waals surface area (Å²) < 4.78 is 25.7. The lowest BCUT2D eigenvalue weighted by Crippen LogP contribution is -2.62. The van der Waals surface area contributed by atoms with E-state index in [0.29, 0.717) is 51.1 Å². The maximum atomic E-state index is 14.5. The molecule has 13 heteroatoms. The number of sulfone groups is 1. The van der Waals surface area contributed by atoms with E-state index >= 15 is 0 Å². The summed E-state index contributed by atoms with van der Waals surface area (Å²) in [6.07, 6.45) is 12.6. The van der Waals surface area contributed by atoms with E-state index in [1.165, 1.54) is 0 Å². The zero-order chi connectivity index (χ0) is 37.2. The summed E-state index contributed by atoms with van der Waals surface area (Å²) in [5, 5.41) is 11.7. The average Bonchev–Trinajstić information content (AvgIpc) is 3.92. The van der Waals surface area contributed by atoms with Gasteiger partial charge in [-0.05, 0) is 82.5 Å². The fourth-order valence-electron chi connectivity index (χ4n) is 8.73. The number of carbonyl (C=O) groups excluding carboxylic acids is 5. The average molecular weight is 734 g/mol. The molecule has 0 radical (unpaired) electrons. The number of hydrogen-bond acceptors (Lipinski definition) is 7. The Morgan fingerprint density at radius 3 is 2.06 bits per heavy atom. The minimum absolute atomic E-state index is 0.0952. The van der Waals surface area contributed by atoms with Gasteiger partial charge in [-0.3, -0.25) is 19.2 Å². The number of carbonyl (C=O) groups is 5. The van der Waals surface area contributed by atoms with Crippen molar-refractivity contribution >= 4 is 39.4 Å². The Bertz CT molecular complexity index is 1430. The van der Waals surface area contributed by atoms with Crippen molar-refractivity contribution in [2.75, 3.05) is 18.8 Å². The normalized spacial score (nSPS) is 30.3. The third-order valence-electron chi connectivity index (χ3n) is 12.5. The third kappa shape index (κ3) is 9.46. The Balaban J connectivity index is 1.35. The minimum Gasteiger partial charge on any atom is -0.349 e. The fourth-order valence-corrected chi connectivity index (χ4v) is 10.3. The van der Waals surface area contributed by atoms with Crippen LogP contribution in [-0.4, -0.2) is 90.1 Å². The van der Waals surface area contributed by atoms with Crippen LogP contribution in [0.2, 0.25) is 0 Å². The first-order chi connectivity index (χ1) is 24.0. The molecule has 5 amide bonds. The molecule has 51 heavy (non-hydrogen) atoms. The Hall–Kier alpha value is -2.70. The van der Waals surface area contributed by atoms with Crippen LogP contribution in [0, 0.1) is 23.2 Å². The second kappa shape index (κ2) is 15.7. The quantitative estimate of drug-likeness (QED) is 0.272. The predicted molar refractivity (Wildman–Crippen MR) is 195 cm³/mol. The molecule has 0 aromatic heterocycles. The molecular weight excluding hydrogens is 671 g/mol. The van der Waals surface area contributed by atoms with E-state index in [-0.39, 0.29) is 28.9 Å². The smallest absolute Gasteiger partial charge is 0.315 e. The number of ketones is 1. The van der Waals surface area contributed by atoms with Gasteiger partial charge < -0.3 is 26.2 Å². The number of fused-ring (bicyclic) bond motifs is 3. The lowest BCUT2D eigenvalue weighted by Gasteiger charge is -2.40. The second-order valence-corrected chi connectivity index (χ2v) is 20.6. The molecule has 5 rings (SSSR count). The van der Waals surface area contributed by atoms with Gasteiger partial charge in [0.05, 0.1) is 22.1 Å². The minimum atomic E-state index is -3.55. The largest absolute Gasteiger partial charge is 0.349 e. The van der Waals surface area contributed by atoms with Crippen molar-refractivity contribution < 1.29 is 32.4 Å². The SMILES string of the molecule is CC1(C)[C@@H]2[C@H]3C(=O)N[C@@H](C(=O)C(=O)NCC4CC4)CCCCCCCCC[C@@H](NC(=O)NC4(CS(=O)(=O)C(C)(C)C)CCCCC4)C(=O)N3C[C@@H]21. The van der Waals surface area contributed by atoms with Crippen molar-refractivity contribution in [1.29, 1.82) is 0 Å². The highest BCUT2D eigenvalue weighted by Gasteiger charge is 2.69. The summed E-state index contributed by atoms with van der Waals surface area (Å²) in [5.74, 6) is -1.86. The van der Waals surface area contributed by atoms with Crippen molar-refractivity contribution in [1.82, 2.24) is 26.2 Å². The summed E-state index contributed by atoms with van der Waals surface area (Å²) >= 11 is 0. The van der Waals surface area contributed by atoms with E-state index in [0.717, 1.165) is 70.6 Å². The summed E-state index contributed by atoms with van der Waals surface area (Å²) in [6, 6.07) is -3.27. The molecule has 5 fully saturated rings. The van der Waals surface area contributed by atoms with E-state index < -0.39 is 61.9 Å². The van der Waals surface area contributed by atoms with Crippen molar-refractivity contribution in [3.05, 3.63) is 0 Å². The van der Waals surface area contributed by atoms with Crippen LogP contribution in [0.4, 0.5) is 4.79 Å². The Kier molecular flexibility index (Phi) is 12.2. The molecule has 5 aliphatic rings. The predicted octanol–water partition coefficient (Wildman–Crippen LogP) is 4.16. The van der Waals surface area contributed by atoms with Crippen LogP contribution in [0.1, 0.15) is 137 Å². The molecule has 0 aromatic carbocycles. The highest BCUT2D eigenvalue weighted by Crippen LogP contribution is 2.65. The van der Waals surface area contributed by atoms with E-state index in [1.807, 2.05) is 0 Å². The van der Waals surface area contributed by atoms with Crippen LogP contribution in [0.15, 0.2) is 0 Å². The molecular formula is C38H63N5O7S. The molecule has 2 aliphatic heterocycles. The van der Waals surface area contributed by atoms with Crippen LogP contribution in [0.3, 0.4) is 0 Å². The van der Waals surface area contributed by atoms with Crippen molar-refractivity contribution in [3.63, 3.8) is 0 Å². The van der Waals surface area contributed by atoms with Gasteiger partial charge in [-0.1, -0.05) is 78.1 Å². The standard InChI is InChI=1S/C38H63N5O7S/c1-36(2,3)51(49,50)24-38(20-14-11-15-21-38)42-35(48)41-28-17-13-10-8-6-7-9-12-16-27(31(44)33(46)39-22-25-18-19-25)40-32(45)30-29-26(37(29,4)5)23-43(30)34(28)47/h25-30H,6-24H2,1-5H3,(H,39,46)(H,40,45)(H2,41,42,48)/t26-,27+,28+,29-,30-/m0/s1. The van der Waals surface area contributed by atoms with Crippen molar-refractivity contribution in [2.45, 2.75) is 166 Å². The number of amides is 5. The van der Waals surface area contributed by atoms with Crippen LogP contribution < -0.4 is 21.3 Å². The van der Waals surface area contributed by atoms with Gasteiger partial charge in [-0.15, -0.1) is 0 Å². The highest BCUT2D eigenvalue weighted by molar-refractivity contribution is 7.92. The van der Waals surface area contributed by atoms with Crippen molar-refractivity contribution in [2.24, 2.45) is 23.2 Å². The zero-order valence-corrected chi connectivity index (χ0v) is 32.4. The third-order valence-corrected chi connectivity index (χ3v) is 15.3. The first-order valence-electron chi connectivity index (χ1n) is 19.7. The molecule has 3 saturated carbocycles. The first-order valence-corrected chi connectivity index (χ1v) is 21.3. The summed E-state index contributed by atoms with van der Waals surface area (Å²) in [6.45, 7) is 10.0. The number of piperidine rings is 1.